The van der Waals surface area contributed by atoms with E-state index in [0.717, 1.165) is 12.0 Å². The lowest BCUT2D eigenvalue weighted by Crippen LogP contribution is -2.38. The molecule has 1 amide bonds. The zero-order chi connectivity index (χ0) is 20.0. The van der Waals surface area contributed by atoms with Crippen LogP contribution in [0.1, 0.15) is 53.4 Å². The monoisotopic (exact) mass is 388 g/mol. The van der Waals surface area contributed by atoms with Gasteiger partial charge < -0.3 is 10.1 Å². The summed E-state index contributed by atoms with van der Waals surface area (Å²) < 4.78 is 5.30. The molecule has 2 aromatic rings. The van der Waals surface area contributed by atoms with Gasteiger partial charge in [-0.25, -0.2) is 9.78 Å². The Bertz CT molecular complexity index is 785. The van der Waals surface area contributed by atoms with Crippen molar-refractivity contribution in [2.45, 2.75) is 46.1 Å². The number of hydrogen-bond donors (Lipinski definition) is 1. The summed E-state index contributed by atoms with van der Waals surface area (Å²) in [4.78, 5) is 28.8. The maximum absolute atomic E-state index is 12.4. The first-order valence-corrected chi connectivity index (χ1v) is 9.38. The molecule has 6 heteroatoms. The van der Waals surface area contributed by atoms with Crippen LogP contribution >= 0.6 is 11.6 Å². The first-order valence-electron chi connectivity index (χ1n) is 9.00. The number of esters is 1. The molecule has 5 nitrogen and oxygen atoms in total. The van der Waals surface area contributed by atoms with E-state index in [1.807, 2.05) is 30.3 Å². The second-order valence-electron chi connectivity index (χ2n) is 6.55. The van der Waals surface area contributed by atoms with Gasteiger partial charge in [0.1, 0.15) is 5.15 Å². The Hall–Kier alpha value is -2.40. The predicted molar refractivity (Wildman–Crippen MR) is 106 cm³/mol. The second-order valence-corrected chi connectivity index (χ2v) is 6.91. The number of benzene rings is 1. The molecule has 1 aromatic heterocycles. The van der Waals surface area contributed by atoms with E-state index >= 15 is 0 Å². The van der Waals surface area contributed by atoms with Crippen molar-refractivity contribution < 1.29 is 14.3 Å². The first kappa shape index (κ1) is 20.9. The number of carbonyl (C=O) groups is 2. The second kappa shape index (κ2) is 9.51. The molecule has 1 N–H and O–H groups in total. The average Bonchev–Trinajstić information content (AvgIpc) is 2.62. The molecule has 0 saturated carbocycles. The van der Waals surface area contributed by atoms with E-state index in [0.29, 0.717) is 17.8 Å². The molecule has 1 aromatic carbocycles. The van der Waals surface area contributed by atoms with Crippen LogP contribution in [0.3, 0.4) is 0 Å². The van der Waals surface area contributed by atoms with Crippen LogP contribution in [0.25, 0.3) is 0 Å². The van der Waals surface area contributed by atoms with Crippen LogP contribution in [-0.4, -0.2) is 29.5 Å². The number of hydrogen-bond acceptors (Lipinski definition) is 4. The molecule has 0 saturated heterocycles. The van der Waals surface area contributed by atoms with Crippen molar-refractivity contribution in [1.82, 2.24) is 10.3 Å². The zero-order valence-electron chi connectivity index (χ0n) is 16.1. The number of aryl methyl sites for hydroxylation is 2. The van der Waals surface area contributed by atoms with E-state index < -0.39 is 12.1 Å². The van der Waals surface area contributed by atoms with Crippen LogP contribution in [0.5, 0.6) is 0 Å². The molecule has 0 fully saturated rings. The molecule has 0 aliphatic heterocycles. The van der Waals surface area contributed by atoms with Crippen molar-refractivity contribution in [3.05, 3.63) is 63.9 Å². The fourth-order valence-corrected chi connectivity index (χ4v) is 3.26. The van der Waals surface area contributed by atoms with Gasteiger partial charge in [0.25, 0.3) is 5.91 Å². The van der Waals surface area contributed by atoms with E-state index in [9.17, 15) is 9.59 Å². The summed E-state index contributed by atoms with van der Waals surface area (Å²) in [5.74, 6) is -0.787. The fraction of sp³-hybridized carbons (Fsp3) is 0.381. The lowest BCUT2D eigenvalue weighted by Gasteiger charge is -2.19. The third kappa shape index (κ3) is 5.54. The number of nitrogens with zero attached hydrogens (tertiary/aromatic N) is 1. The first-order chi connectivity index (χ1) is 12.8. The summed E-state index contributed by atoms with van der Waals surface area (Å²) >= 11 is 6.07. The molecule has 0 aliphatic rings. The molecular formula is C21H25ClN2O3. The van der Waals surface area contributed by atoms with E-state index in [-0.39, 0.29) is 22.5 Å². The van der Waals surface area contributed by atoms with E-state index in [2.05, 4.69) is 17.2 Å². The SMILES string of the molecule is CC[C@H](CNC(=O)[C@@H](C)OC(=O)c1c(C)cc(C)nc1Cl)c1ccccc1. The van der Waals surface area contributed by atoms with Gasteiger partial charge in [0.15, 0.2) is 6.10 Å². The molecule has 2 atom stereocenters. The van der Waals surface area contributed by atoms with Crippen molar-refractivity contribution >= 4 is 23.5 Å². The normalized spacial score (nSPS) is 12.9. The Balaban J connectivity index is 1.96. The Morgan fingerprint density at radius 2 is 1.89 bits per heavy atom. The van der Waals surface area contributed by atoms with Crippen LogP contribution in [0, 0.1) is 13.8 Å². The van der Waals surface area contributed by atoms with Crippen LogP contribution in [0.4, 0.5) is 0 Å². The minimum atomic E-state index is -0.928. The smallest absolute Gasteiger partial charge is 0.342 e. The Kier molecular flexibility index (Phi) is 7.36. The minimum absolute atomic E-state index is 0.0835. The summed E-state index contributed by atoms with van der Waals surface area (Å²) in [6, 6.07) is 11.7. The van der Waals surface area contributed by atoms with Crippen molar-refractivity contribution in [2.24, 2.45) is 0 Å². The van der Waals surface area contributed by atoms with Gasteiger partial charge in [-0.05, 0) is 44.4 Å². The van der Waals surface area contributed by atoms with Crippen LogP contribution in [0.2, 0.25) is 5.15 Å². The Labute approximate surface area is 165 Å². The number of rotatable bonds is 7. The Morgan fingerprint density at radius 3 is 2.48 bits per heavy atom. The maximum Gasteiger partial charge on any atom is 0.342 e. The summed E-state index contributed by atoms with van der Waals surface area (Å²) in [5, 5.41) is 2.95. The summed E-state index contributed by atoms with van der Waals surface area (Å²) in [6.45, 7) is 7.64. The summed E-state index contributed by atoms with van der Waals surface area (Å²) in [6.07, 6.45) is -0.0370. The molecule has 1 heterocycles. The highest BCUT2D eigenvalue weighted by Gasteiger charge is 2.23. The lowest BCUT2D eigenvalue weighted by molar-refractivity contribution is -0.129. The third-order valence-corrected chi connectivity index (χ3v) is 4.72. The molecule has 0 aliphatic carbocycles. The number of ether oxygens (including phenoxy) is 1. The number of aromatic nitrogens is 1. The number of halogens is 1. The molecular weight excluding hydrogens is 364 g/mol. The van der Waals surface area contributed by atoms with Crippen molar-refractivity contribution in [2.75, 3.05) is 6.54 Å². The van der Waals surface area contributed by atoms with Gasteiger partial charge in [-0.1, -0.05) is 48.9 Å². The number of nitrogens with one attached hydrogen (secondary N) is 1. The van der Waals surface area contributed by atoms with Gasteiger partial charge >= 0.3 is 5.97 Å². The molecule has 2 rings (SSSR count). The number of amides is 1. The van der Waals surface area contributed by atoms with Crippen LogP contribution in [-0.2, 0) is 9.53 Å². The summed E-state index contributed by atoms with van der Waals surface area (Å²) in [7, 11) is 0. The predicted octanol–water partition coefficient (Wildman–Crippen LogP) is 4.21. The highest BCUT2D eigenvalue weighted by atomic mass is 35.5. The fourth-order valence-electron chi connectivity index (χ4n) is 2.90. The molecule has 0 spiro atoms. The van der Waals surface area contributed by atoms with Crippen LogP contribution < -0.4 is 5.32 Å². The van der Waals surface area contributed by atoms with Gasteiger partial charge in [0.05, 0.1) is 5.56 Å². The van der Waals surface area contributed by atoms with Crippen molar-refractivity contribution in [3.8, 4) is 0 Å². The topological polar surface area (TPSA) is 68.3 Å². The lowest BCUT2D eigenvalue weighted by atomic mass is 9.96. The van der Waals surface area contributed by atoms with Crippen molar-refractivity contribution in [3.63, 3.8) is 0 Å². The quantitative estimate of drug-likeness (QED) is 0.570. The van der Waals surface area contributed by atoms with Gasteiger partial charge in [0, 0.05) is 18.2 Å². The van der Waals surface area contributed by atoms with E-state index in [1.54, 1.807) is 26.8 Å². The van der Waals surface area contributed by atoms with E-state index in [1.165, 1.54) is 0 Å². The highest BCUT2D eigenvalue weighted by molar-refractivity contribution is 6.32. The standard InChI is InChI=1S/C21H25ClN2O3/c1-5-16(17-9-7-6-8-10-17)12-23-20(25)15(4)27-21(26)18-13(2)11-14(3)24-19(18)22/h6-11,15-16H,5,12H2,1-4H3,(H,23,25)/t15-,16-/m1/s1. The van der Waals surface area contributed by atoms with Crippen molar-refractivity contribution in [1.29, 1.82) is 0 Å². The van der Waals surface area contributed by atoms with Gasteiger partial charge in [-0.15, -0.1) is 0 Å². The summed E-state index contributed by atoms with van der Waals surface area (Å²) in [5.41, 5.74) is 2.74. The molecule has 144 valence electrons. The van der Waals surface area contributed by atoms with Gasteiger partial charge in [-0.3, -0.25) is 4.79 Å². The number of carbonyl (C=O) groups excluding carboxylic acids is 2. The minimum Gasteiger partial charge on any atom is -0.449 e. The van der Waals surface area contributed by atoms with Gasteiger partial charge in [0.2, 0.25) is 0 Å². The molecule has 27 heavy (non-hydrogen) atoms. The maximum atomic E-state index is 12.4. The molecule has 0 unspecified atom stereocenters. The largest absolute Gasteiger partial charge is 0.449 e. The third-order valence-electron chi connectivity index (χ3n) is 4.44. The van der Waals surface area contributed by atoms with Crippen LogP contribution in [0.15, 0.2) is 36.4 Å². The number of pyridine rings is 1. The zero-order valence-corrected chi connectivity index (χ0v) is 16.8. The van der Waals surface area contributed by atoms with E-state index in [4.69, 9.17) is 16.3 Å². The molecule has 0 bridgehead atoms. The highest BCUT2D eigenvalue weighted by Crippen LogP contribution is 2.21. The Morgan fingerprint density at radius 1 is 1.22 bits per heavy atom. The van der Waals surface area contributed by atoms with Gasteiger partial charge in [-0.2, -0.15) is 0 Å². The molecule has 0 radical (unpaired) electrons. The average molecular weight is 389 g/mol.